The van der Waals surface area contributed by atoms with Crippen molar-refractivity contribution in [2.45, 2.75) is 137 Å². The van der Waals surface area contributed by atoms with Gasteiger partial charge in [0, 0.05) is 11.8 Å². The molecule has 10 atom stereocenters. The average Bonchev–Trinajstić information content (AvgIpc) is 3.30. The average molecular weight is 475 g/mol. The number of fused-ring (bicyclic) bond motifs is 5. The topological polar surface area (TPSA) is 66.8 Å². The first-order valence-electron chi connectivity index (χ1n) is 14.1. The van der Waals surface area contributed by atoms with Crippen LogP contribution in [-0.4, -0.2) is 39.4 Å². The van der Waals surface area contributed by atoms with E-state index >= 15 is 0 Å². The third-order valence-corrected chi connectivity index (χ3v) is 13.0. The number of ketones is 1. The third-order valence-electron chi connectivity index (χ3n) is 13.0. The minimum absolute atomic E-state index is 0.0682. The molecule has 1 saturated heterocycles. The first-order chi connectivity index (χ1) is 15.5. The summed E-state index contributed by atoms with van der Waals surface area (Å²) in [7, 11) is 0. The number of rotatable bonds is 2. The van der Waals surface area contributed by atoms with E-state index in [2.05, 4.69) is 41.5 Å². The highest BCUT2D eigenvalue weighted by Gasteiger charge is 2.71. The van der Waals surface area contributed by atoms with Crippen LogP contribution in [0.1, 0.15) is 113 Å². The van der Waals surface area contributed by atoms with E-state index in [1.54, 1.807) is 0 Å². The normalized spacial score (nSPS) is 54.9. The minimum atomic E-state index is -0.833. The highest BCUT2D eigenvalue weighted by atomic mass is 16.5. The molecule has 0 aromatic rings. The summed E-state index contributed by atoms with van der Waals surface area (Å²) in [5.41, 5.74) is -1.03. The summed E-state index contributed by atoms with van der Waals surface area (Å²) in [4.78, 5) is 12.9. The van der Waals surface area contributed by atoms with Gasteiger partial charge < -0.3 is 14.9 Å². The van der Waals surface area contributed by atoms with Crippen molar-refractivity contribution in [2.75, 3.05) is 0 Å². The van der Waals surface area contributed by atoms with Crippen molar-refractivity contribution >= 4 is 5.78 Å². The molecule has 4 aliphatic carbocycles. The Hall–Kier alpha value is -0.450. The summed E-state index contributed by atoms with van der Waals surface area (Å²) in [5, 5.41) is 22.5. The number of carbonyl (C=O) groups excluding carboxylic acids is 1. The summed E-state index contributed by atoms with van der Waals surface area (Å²) >= 11 is 0. The van der Waals surface area contributed by atoms with Gasteiger partial charge in [0.1, 0.15) is 5.78 Å². The Morgan fingerprint density at radius 1 is 0.882 bits per heavy atom. The summed E-state index contributed by atoms with van der Waals surface area (Å²) < 4.78 is 6.65. The zero-order valence-corrected chi connectivity index (χ0v) is 23.0. The Balaban J connectivity index is 1.49. The molecule has 0 aromatic heterocycles. The SMILES string of the molecule is CC(C)(O)C1CC[C@@](C)([C@H]2CC[C@]3(C)[C@@H]2C(O)C[C@@H]2[C@@]4(C)CCC(=O)C(C)(C)[C@@H]4CC[C@]23C)O1. The van der Waals surface area contributed by atoms with Crippen molar-refractivity contribution in [1.29, 1.82) is 0 Å². The van der Waals surface area contributed by atoms with Gasteiger partial charge in [0.2, 0.25) is 0 Å². The maximum atomic E-state index is 12.9. The van der Waals surface area contributed by atoms with Gasteiger partial charge in [-0.15, -0.1) is 0 Å². The van der Waals surface area contributed by atoms with E-state index in [-0.39, 0.29) is 45.4 Å². The lowest BCUT2D eigenvalue weighted by atomic mass is 9.35. The quantitative estimate of drug-likeness (QED) is 0.521. The molecule has 1 aliphatic heterocycles. The second-order valence-corrected chi connectivity index (χ2v) is 15.2. The summed E-state index contributed by atoms with van der Waals surface area (Å²) in [6.45, 7) is 17.8. The first-order valence-corrected chi connectivity index (χ1v) is 14.1. The molecule has 1 heterocycles. The molecular weight excluding hydrogens is 424 g/mol. The number of Topliss-reactive ketones (excluding diaryl/α,β-unsaturated/α-hetero) is 1. The number of ether oxygens (including phenoxy) is 1. The monoisotopic (exact) mass is 474 g/mol. The molecule has 5 fully saturated rings. The van der Waals surface area contributed by atoms with E-state index in [0.717, 1.165) is 51.4 Å². The van der Waals surface area contributed by atoms with E-state index < -0.39 is 5.60 Å². The van der Waals surface area contributed by atoms with Gasteiger partial charge in [-0.1, -0.05) is 34.6 Å². The van der Waals surface area contributed by atoms with Gasteiger partial charge in [-0.25, -0.2) is 0 Å². The van der Waals surface area contributed by atoms with Crippen LogP contribution in [0.4, 0.5) is 0 Å². The van der Waals surface area contributed by atoms with Crippen molar-refractivity contribution in [3.8, 4) is 0 Å². The van der Waals surface area contributed by atoms with E-state index in [1.807, 2.05) is 13.8 Å². The van der Waals surface area contributed by atoms with Crippen LogP contribution in [-0.2, 0) is 9.53 Å². The molecule has 4 nitrogen and oxygen atoms in total. The maximum Gasteiger partial charge on any atom is 0.138 e. The van der Waals surface area contributed by atoms with Crippen LogP contribution in [0.25, 0.3) is 0 Å². The van der Waals surface area contributed by atoms with Crippen molar-refractivity contribution in [1.82, 2.24) is 0 Å². The fourth-order valence-corrected chi connectivity index (χ4v) is 10.9. The van der Waals surface area contributed by atoms with Crippen LogP contribution >= 0.6 is 0 Å². The van der Waals surface area contributed by atoms with Gasteiger partial charge >= 0.3 is 0 Å². The predicted octanol–water partition coefficient (Wildman–Crippen LogP) is 5.92. The number of aliphatic hydroxyl groups is 2. The van der Waals surface area contributed by atoms with Gasteiger partial charge in [-0.05, 0) is 112 Å². The molecule has 5 aliphatic rings. The van der Waals surface area contributed by atoms with Crippen molar-refractivity contribution in [3.05, 3.63) is 0 Å². The Morgan fingerprint density at radius 3 is 2.15 bits per heavy atom. The number of carbonyl (C=O) groups is 1. The second kappa shape index (κ2) is 7.32. The third kappa shape index (κ3) is 3.09. The van der Waals surface area contributed by atoms with Crippen LogP contribution in [0.5, 0.6) is 0 Å². The summed E-state index contributed by atoms with van der Waals surface area (Å²) in [6.07, 6.45) is 8.43. The molecule has 0 spiro atoms. The lowest BCUT2D eigenvalue weighted by Gasteiger charge is -2.69. The molecule has 0 amide bonds. The Kier molecular flexibility index (Phi) is 5.42. The fraction of sp³-hybridized carbons (Fsp3) is 0.967. The van der Waals surface area contributed by atoms with Gasteiger partial charge in [0.05, 0.1) is 23.4 Å². The molecule has 2 N–H and O–H groups in total. The molecule has 34 heavy (non-hydrogen) atoms. The molecule has 194 valence electrons. The number of aliphatic hydroxyl groups excluding tert-OH is 1. The maximum absolute atomic E-state index is 12.9. The van der Waals surface area contributed by atoms with Crippen molar-refractivity contribution < 1.29 is 19.7 Å². The highest BCUT2D eigenvalue weighted by molar-refractivity contribution is 5.85. The molecule has 0 bridgehead atoms. The summed E-state index contributed by atoms with van der Waals surface area (Å²) in [5.74, 6) is 1.85. The Labute approximate surface area is 207 Å². The van der Waals surface area contributed by atoms with Crippen LogP contribution < -0.4 is 0 Å². The standard InChI is InChI=1S/C30H50O4/c1-25(2)20-10-15-28(6)21(27(20,5)13-11-22(25)32)17-19(31)24-18(9-14-29(24,28)7)30(8)16-12-23(34-30)26(3,4)33/h18-21,23-24,31,33H,9-17H2,1-8H3/t18-,19?,20-,21+,23?,24-,27-,28+,29+,30-/m0/s1. The first kappa shape index (κ1) is 25.2. The number of hydrogen-bond donors (Lipinski definition) is 2. The van der Waals surface area contributed by atoms with E-state index in [9.17, 15) is 15.0 Å². The highest BCUT2D eigenvalue weighted by Crippen LogP contribution is 2.75. The van der Waals surface area contributed by atoms with Gasteiger partial charge in [-0.2, -0.15) is 0 Å². The molecule has 4 heteroatoms. The van der Waals surface area contributed by atoms with Crippen LogP contribution in [0.2, 0.25) is 0 Å². The van der Waals surface area contributed by atoms with E-state index in [4.69, 9.17) is 4.74 Å². The zero-order valence-electron chi connectivity index (χ0n) is 23.0. The van der Waals surface area contributed by atoms with Crippen LogP contribution in [0.15, 0.2) is 0 Å². The summed E-state index contributed by atoms with van der Waals surface area (Å²) in [6, 6.07) is 0. The van der Waals surface area contributed by atoms with Gasteiger partial charge in [0.15, 0.2) is 0 Å². The number of hydrogen-bond acceptors (Lipinski definition) is 4. The largest absolute Gasteiger partial charge is 0.393 e. The van der Waals surface area contributed by atoms with Crippen LogP contribution in [0.3, 0.4) is 0 Å². The van der Waals surface area contributed by atoms with Crippen molar-refractivity contribution in [2.24, 2.45) is 45.3 Å². The molecule has 2 unspecified atom stereocenters. The van der Waals surface area contributed by atoms with Crippen LogP contribution in [0, 0.1) is 45.3 Å². The lowest BCUT2D eigenvalue weighted by molar-refractivity contribution is -0.235. The Bertz CT molecular complexity index is 858. The second-order valence-electron chi connectivity index (χ2n) is 15.2. The van der Waals surface area contributed by atoms with Gasteiger partial charge in [-0.3, -0.25) is 4.79 Å². The Morgan fingerprint density at radius 2 is 1.53 bits per heavy atom. The van der Waals surface area contributed by atoms with Gasteiger partial charge in [0.25, 0.3) is 0 Å². The molecule has 0 aromatic carbocycles. The van der Waals surface area contributed by atoms with E-state index in [1.165, 1.54) is 0 Å². The van der Waals surface area contributed by atoms with Crippen molar-refractivity contribution in [3.63, 3.8) is 0 Å². The lowest BCUT2D eigenvalue weighted by Crippen LogP contribution is -2.66. The molecular formula is C30H50O4. The zero-order chi connectivity index (χ0) is 25.1. The van der Waals surface area contributed by atoms with E-state index in [0.29, 0.717) is 30.0 Å². The smallest absolute Gasteiger partial charge is 0.138 e. The molecule has 4 saturated carbocycles. The minimum Gasteiger partial charge on any atom is -0.393 e. The fourth-order valence-electron chi connectivity index (χ4n) is 10.9. The predicted molar refractivity (Wildman–Crippen MR) is 134 cm³/mol. The molecule has 0 radical (unpaired) electrons. The molecule has 5 rings (SSSR count).